The van der Waals surface area contributed by atoms with E-state index in [2.05, 4.69) is 10.6 Å². The molecular weight excluding hydrogens is 256 g/mol. The van der Waals surface area contributed by atoms with E-state index in [4.69, 9.17) is 22.4 Å². The highest BCUT2D eigenvalue weighted by Gasteiger charge is 2.11. The summed E-state index contributed by atoms with van der Waals surface area (Å²) in [6.07, 6.45) is 0. The van der Waals surface area contributed by atoms with Crippen molar-refractivity contribution in [1.82, 2.24) is 5.32 Å². The lowest BCUT2D eigenvalue weighted by atomic mass is 10.1. The zero-order chi connectivity index (χ0) is 13.7. The second-order valence-corrected chi connectivity index (χ2v) is 3.80. The van der Waals surface area contributed by atoms with Gasteiger partial charge in [-0.25, -0.2) is 9.59 Å². The number of anilines is 1. The number of nitrogens with one attached hydrogen (secondary N) is 2. The van der Waals surface area contributed by atoms with E-state index in [0.29, 0.717) is 17.3 Å². The van der Waals surface area contributed by atoms with Gasteiger partial charge in [-0.1, -0.05) is 0 Å². The fourth-order valence-electron chi connectivity index (χ4n) is 1.28. The van der Waals surface area contributed by atoms with Gasteiger partial charge in [0.2, 0.25) is 0 Å². The third kappa shape index (κ3) is 3.70. The zero-order valence-corrected chi connectivity index (χ0v) is 10.4. The van der Waals surface area contributed by atoms with Gasteiger partial charge in [-0.15, -0.1) is 0 Å². The summed E-state index contributed by atoms with van der Waals surface area (Å²) in [6, 6.07) is 3.73. The van der Waals surface area contributed by atoms with Crippen LogP contribution in [0.1, 0.15) is 27.6 Å². The first-order valence-corrected chi connectivity index (χ1v) is 5.51. The molecule has 6 nitrogen and oxygen atoms in total. The van der Waals surface area contributed by atoms with Crippen molar-refractivity contribution in [3.8, 4) is 0 Å². The lowest BCUT2D eigenvalue weighted by molar-refractivity contribution is 0.0696. The Morgan fingerprint density at radius 3 is 2.06 bits per heavy atom. The highest BCUT2D eigenvalue weighted by atomic mass is 32.1. The minimum absolute atomic E-state index is 0.114. The zero-order valence-electron chi connectivity index (χ0n) is 9.56. The van der Waals surface area contributed by atoms with E-state index in [0.717, 1.165) is 6.07 Å². The van der Waals surface area contributed by atoms with Gasteiger partial charge in [-0.2, -0.15) is 0 Å². The first-order valence-electron chi connectivity index (χ1n) is 5.10. The summed E-state index contributed by atoms with van der Waals surface area (Å²) >= 11 is 4.94. The third-order valence-electron chi connectivity index (χ3n) is 2.02. The van der Waals surface area contributed by atoms with Crippen LogP contribution in [0.5, 0.6) is 0 Å². The Morgan fingerprint density at radius 1 is 1.17 bits per heavy atom. The summed E-state index contributed by atoms with van der Waals surface area (Å²) in [4.78, 5) is 21.7. The van der Waals surface area contributed by atoms with Crippen molar-refractivity contribution < 1.29 is 19.8 Å². The SMILES string of the molecule is CCNC(=S)Nc1cc(C(=O)O)cc(C(=O)O)c1. The molecule has 96 valence electrons. The lowest BCUT2D eigenvalue weighted by Crippen LogP contribution is -2.28. The number of carboxylic acids is 2. The smallest absolute Gasteiger partial charge is 0.335 e. The summed E-state index contributed by atoms with van der Waals surface area (Å²) in [5.74, 6) is -2.40. The molecule has 0 saturated carbocycles. The Balaban J connectivity index is 3.07. The van der Waals surface area contributed by atoms with Gasteiger partial charge >= 0.3 is 11.9 Å². The molecule has 0 fully saturated rings. The van der Waals surface area contributed by atoms with Crippen LogP contribution in [0.25, 0.3) is 0 Å². The number of carboxylic acid groups (broad SMARTS) is 2. The van der Waals surface area contributed by atoms with E-state index >= 15 is 0 Å². The Hall–Kier alpha value is -2.15. The number of thiocarbonyl (C=S) groups is 1. The number of aromatic carboxylic acids is 2. The van der Waals surface area contributed by atoms with E-state index in [1.165, 1.54) is 12.1 Å². The largest absolute Gasteiger partial charge is 0.478 e. The van der Waals surface area contributed by atoms with Gasteiger partial charge in [0.1, 0.15) is 0 Å². The predicted octanol–water partition coefficient (Wildman–Crippen LogP) is 1.39. The molecule has 0 aromatic heterocycles. The molecule has 0 radical (unpaired) electrons. The summed E-state index contributed by atoms with van der Waals surface area (Å²) < 4.78 is 0. The van der Waals surface area contributed by atoms with Crippen LogP contribution in [-0.2, 0) is 0 Å². The van der Waals surface area contributed by atoms with Crippen LogP contribution in [0, 0.1) is 0 Å². The quantitative estimate of drug-likeness (QED) is 0.612. The maximum absolute atomic E-state index is 10.9. The average molecular weight is 268 g/mol. The third-order valence-corrected chi connectivity index (χ3v) is 2.27. The Labute approximate surface area is 109 Å². The van der Waals surface area contributed by atoms with Gasteiger partial charge in [0.25, 0.3) is 0 Å². The summed E-state index contributed by atoms with van der Waals surface area (Å²) in [5, 5.41) is 23.6. The number of hydrogen-bond donors (Lipinski definition) is 4. The van der Waals surface area contributed by atoms with Crippen molar-refractivity contribution in [3.05, 3.63) is 29.3 Å². The minimum atomic E-state index is -1.20. The Bertz CT molecular complexity index is 470. The summed E-state index contributed by atoms with van der Waals surface area (Å²) in [6.45, 7) is 2.46. The molecule has 0 amide bonds. The molecule has 0 saturated heterocycles. The minimum Gasteiger partial charge on any atom is -0.478 e. The van der Waals surface area contributed by atoms with Crippen LogP contribution in [0.15, 0.2) is 18.2 Å². The summed E-state index contributed by atoms with van der Waals surface area (Å²) in [5.41, 5.74) is 0.0895. The number of hydrogen-bond acceptors (Lipinski definition) is 3. The molecule has 18 heavy (non-hydrogen) atoms. The molecule has 0 atom stereocenters. The van der Waals surface area contributed by atoms with Gasteiger partial charge in [0, 0.05) is 12.2 Å². The fraction of sp³-hybridized carbons (Fsp3) is 0.182. The van der Waals surface area contributed by atoms with Crippen LogP contribution < -0.4 is 10.6 Å². The van der Waals surface area contributed by atoms with Crippen LogP contribution in [0.4, 0.5) is 5.69 Å². The molecule has 1 aromatic rings. The maximum atomic E-state index is 10.9. The molecular formula is C11H12N2O4S. The van der Waals surface area contributed by atoms with Gasteiger partial charge < -0.3 is 20.8 Å². The summed E-state index contributed by atoms with van der Waals surface area (Å²) in [7, 11) is 0. The van der Waals surface area contributed by atoms with E-state index in [-0.39, 0.29) is 11.1 Å². The topological polar surface area (TPSA) is 98.7 Å². The highest BCUT2D eigenvalue weighted by molar-refractivity contribution is 7.80. The molecule has 0 unspecified atom stereocenters. The first kappa shape index (κ1) is 13.9. The molecule has 0 spiro atoms. The monoisotopic (exact) mass is 268 g/mol. The van der Waals surface area contributed by atoms with E-state index < -0.39 is 11.9 Å². The van der Waals surface area contributed by atoms with E-state index in [1.54, 1.807) is 0 Å². The predicted molar refractivity (Wildman–Crippen MR) is 70.3 cm³/mol. The number of benzene rings is 1. The van der Waals surface area contributed by atoms with E-state index in [1.807, 2.05) is 6.92 Å². The van der Waals surface area contributed by atoms with Crippen LogP contribution >= 0.6 is 12.2 Å². The van der Waals surface area contributed by atoms with Crippen molar-refractivity contribution in [3.63, 3.8) is 0 Å². The van der Waals surface area contributed by atoms with Crippen molar-refractivity contribution in [2.24, 2.45) is 0 Å². The Morgan fingerprint density at radius 2 is 1.67 bits per heavy atom. The second-order valence-electron chi connectivity index (χ2n) is 3.39. The van der Waals surface area contributed by atoms with Gasteiger partial charge in [-0.05, 0) is 37.3 Å². The number of rotatable bonds is 4. The van der Waals surface area contributed by atoms with Gasteiger partial charge in [0.05, 0.1) is 11.1 Å². The highest BCUT2D eigenvalue weighted by Crippen LogP contribution is 2.15. The van der Waals surface area contributed by atoms with Crippen molar-refractivity contribution in [2.75, 3.05) is 11.9 Å². The molecule has 0 aliphatic heterocycles. The van der Waals surface area contributed by atoms with Crippen molar-refractivity contribution in [2.45, 2.75) is 6.92 Å². The molecule has 0 bridgehead atoms. The normalized spacial score (nSPS) is 9.61. The molecule has 1 aromatic carbocycles. The van der Waals surface area contributed by atoms with Gasteiger partial charge in [0.15, 0.2) is 5.11 Å². The molecule has 1 rings (SSSR count). The first-order chi connectivity index (χ1) is 8.43. The molecule has 0 heterocycles. The van der Waals surface area contributed by atoms with Crippen LogP contribution in [0.2, 0.25) is 0 Å². The molecule has 0 aliphatic rings. The lowest BCUT2D eigenvalue weighted by Gasteiger charge is -2.10. The molecule has 7 heteroatoms. The number of carbonyl (C=O) groups is 2. The fourth-order valence-corrected chi connectivity index (χ4v) is 1.54. The second kappa shape index (κ2) is 5.97. The van der Waals surface area contributed by atoms with Crippen molar-refractivity contribution in [1.29, 1.82) is 0 Å². The van der Waals surface area contributed by atoms with Crippen LogP contribution in [-0.4, -0.2) is 33.8 Å². The maximum Gasteiger partial charge on any atom is 0.335 e. The van der Waals surface area contributed by atoms with Crippen molar-refractivity contribution >= 4 is 35.0 Å². The average Bonchev–Trinajstić information content (AvgIpc) is 2.28. The van der Waals surface area contributed by atoms with Crippen LogP contribution in [0.3, 0.4) is 0 Å². The Kier molecular flexibility index (Phi) is 4.61. The molecule has 4 N–H and O–H groups in total. The standard InChI is InChI=1S/C11H12N2O4S/c1-2-12-11(18)13-8-4-6(9(14)15)3-7(5-8)10(16)17/h3-5H,2H2,1H3,(H,14,15)(H,16,17)(H2,12,13,18). The van der Waals surface area contributed by atoms with E-state index in [9.17, 15) is 9.59 Å². The van der Waals surface area contributed by atoms with Gasteiger partial charge in [-0.3, -0.25) is 0 Å². The molecule has 0 aliphatic carbocycles.